The molecule has 0 bridgehead atoms. The predicted octanol–water partition coefficient (Wildman–Crippen LogP) is 2.35. The van der Waals surface area contributed by atoms with Crippen LogP contribution in [0.4, 0.5) is 0 Å². The molecule has 0 heterocycles. The number of nitrogens with one attached hydrogen (secondary N) is 1. The Morgan fingerprint density at radius 2 is 1.79 bits per heavy atom. The van der Waals surface area contributed by atoms with Crippen LogP contribution >= 0.6 is 0 Å². The van der Waals surface area contributed by atoms with Gasteiger partial charge < -0.3 is 10.1 Å². The molecular formula is C20H30N2O6S. The standard InChI is InChI=1S/C20H30N2O6S/c1-13-7-6-8-18(14(13)2)21-19(23)15(3)28-20(24)16-9-11-17(12-10-16)29(25,26)22(4)27-5/h9-15,18H,6-8H2,1-5H3,(H,21,23)/t13-,14+,15+,18+/m0/s1. The number of benzene rings is 1. The van der Waals surface area contributed by atoms with Crippen LogP contribution in [0, 0.1) is 11.8 Å². The molecule has 1 aromatic carbocycles. The van der Waals surface area contributed by atoms with E-state index >= 15 is 0 Å². The smallest absolute Gasteiger partial charge is 0.338 e. The lowest BCUT2D eigenvalue weighted by atomic mass is 9.78. The molecule has 1 aromatic rings. The third-order valence-corrected chi connectivity index (χ3v) is 7.36. The molecule has 1 aliphatic carbocycles. The van der Waals surface area contributed by atoms with Gasteiger partial charge in [-0.3, -0.25) is 9.63 Å². The fourth-order valence-corrected chi connectivity index (χ4v) is 4.35. The van der Waals surface area contributed by atoms with E-state index in [1.54, 1.807) is 0 Å². The first kappa shape index (κ1) is 23.3. The number of nitrogens with zero attached hydrogens (tertiary/aromatic N) is 1. The minimum absolute atomic E-state index is 0.0235. The van der Waals surface area contributed by atoms with Crippen molar-refractivity contribution in [2.45, 2.75) is 57.1 Å². The minimum Gasteiger partial charge on any atom is -0.449 e. The highest BCUT2D eigenvalue weighted by Gasteiger charge is 2.30. The first-order valence-electron chi connectivity index (χ1n) is 9.72. The Kier molecular flexibility index (Phi) is 7.79. The zero-order valence-corrected chi connectivity index (χ0v) is 18.4. The van der Waals surface area contributed by atoms with Gasteiger partial charge in [-0.15, -0.1) is 0 Å². The summed E-state index contributed by atoms with van der Waals surface area (Å²) in [7, 11) is -1.29. The van der Waals surface area contributed by atoms with E-state index in [0.717, 1.165) is 23.7 Å². The largest absolute Gasteiger partial charge is 0.449 e. The summed E-state index contributed by atoms with van der Waals surface area (Å²) in [6.07, 6.45) is 2.20. The first-order chi connectivity index (χ1) is 13.6. The van der Waals surface area contributed by atoms with Crippen LogP contribution in [0.5, 0.6) is 0 Å². The first-order valence-corrected chi connectivity index (χ1v) is 11.2. The van der Waals surface area contributed by atoms with E-state index in [-0.39, 0.29) is 22.4 Å². The predicted molar refractivity (Wildman–Crippen MR) is 107 cm³/mol. The fourth-order valence-electron chi connectivity index (χ4n) is 3.38. The van der Waals surface area contributed by atoms with E-state index in [2.05, 4.69) is 19.2 Å². The highest BCUT2D eigenvalue weighted by Crippen LogP contribution is 2.29. The number of carbonyl (C=O) groups excluding carboxylic acids is 2. The van der Waals surface area contributed by atoms with Crippen LogP contribution in [-0.4, -0.2) is 51.1 Å². The summed E-state index contributed by atoms with van der Waals surface area (Å²) < 4.78 is 30.3. The van der Waals surface area contributed by atoms with Crippen LogP contribution in [0.15, 0.2) is 29.2 Å². The lowest BCUT2D eigenvalue weighted by Crippen LogP contribution is -2.47. The van der Waals surface area contributed by atoms with Gasteiger partial charge in [-0.25, -0.2) is 13.2 Å². The van der Waals surface area contributed by atoms with E-state index in [1.165, 1.54) is 45.3 Å². The number of amides is 1. The van der Waals surface area contributed by atoms with Crippen molar-refractivity contribution in [1.82, 2.24) is 9.79 Å². The second-order valence-corrected chi connectivity index (χ2v) is 9.49. The highest BCUT2D eigenvalue weighted by atomic mass is 32.2. The van der Waals surface area contributed by atoms with Gasteiger partial charge in [0, 0.05) is 13.1 Å². The summed E-state index contributed by atoms with van der Waals surface area (Å²) >= 11 is 0. The van der Waals surface area contributed by atoms with Crippen LogP contribution in [0.3, 0.4) is 0 Å². The molecule has 29 heavy (non-hydrogen) atoms. The Balaban J connectivity index is 1.98. The van der Waals surface area contributed by atoms with E-state index < -0.39 is 22.1 Å². The number of sulfonamides is 1. The number of hydroxylamine groups is 1. The second-order valence-electron chi connectivity index (χ2n) is 7.55. The summed E-state index contributed by atoms with van der Waals surface area (Å²) in [5.74, 6) is -0.110. The Hall–Kier alpha value is -1.97. The Bertz CT molecular complexity index is 824. The maximum Gasteiger partial charge on any atom is 0.338 e. The number of ether oxygens (including phenoxy) is 1. The molecule has 1 fully saturated rings. The average molecular weight is 427 g/mol. The molecule has 1 saturated carbocycles. The molecule has 0 radical (unpaired) electrons. The molecule has 1 aliphatic rings. The number of esters is 1. The van der Waals surface area contributed by atoms with E-state index in [1.807, 2.05) is 0 Å². The molecular weight excluding hydrogens is 396 g/mol. The van der Waals surface area contributed by atoms with Crippen LogP contribution in [-0.2, 0) is 24.4 Å². The summed E-state index contributed by atoms with van der Waals surface area (Å²) in [4.78, 5) is 29.5. The van der Waals surface area contributed by atoms with Crippen molar-refractivity contribution in [1.29, 1.82) is 0 Å². The third kappa shape index (κ3) is 5.55. The molecule has 2 rings (SSSR count). The second kappa shape index (κ2) is 9.69. The molecule has 0 saturated heterocycles. The topological polar surface area (TPSA) is 102 Å². The zero-order valence-electron chi connectivity index (χ0n) is 17.5. The van der Waals surface area contributed by atoms with Gasteiger partial charge in [-0.1, -0.05) is 31.2 Å². The summed E-state index contributed by atoms with van der Waals surface area (Å²) in [6, 6.07) is 5.34. The number of carbonyl (C=O) groups is 2. The van der Waals surface area contributed by atoms with E-state index in [0.29, 0.717) is 11.8 Å². The van der Waals surface area contributed by atoms with Gasteiger partial charge in [0.15, 0.2) is 6.10 Å². The lowest BCUT2D eigenvalue weighted by molar-refractivity contribution is -0.130. The van der Waals surface area contributed by atoms with Gasteiger partial charge in [0.1, 0.15) is 0 Å². The maximum absolute atomic E-state index is 12.4. The lowest BCUT2D eigenvalue weighted by Gasteiger charge is -2.35. The average Bonchev–Trinajstić information content (AvgIpc) is 2.70. The zero-order chi connectivity index (χ0) is 21.8. The van der Waals surface area contributed by atoms with Crippen molar-refractivity contribution in [3.8, 4) is 0 Å². The monoisotopic (exact) mass is 426 g/mol. The quantitative estimate of drug-likeness (QED) is 0.530. The third-order valence-electron chi connectivity index (χ3n) is 5.67. The van der Waals surface area contributed by atoms with Crippen LogP contribution < -0.4 is 5.32 Å². The van der Waals surface area contributed by atoms with Crippen LogP contribution in [0.2, 0.25) is 0 Å². The van der Waals surface area contributed by atoms with Crippen molar-refractivity contribution in [2.75, 3.05) is 14.2 Å². The van der Waals surface area contributed by atoms with Gasteiger partial charge in [-0.2, -0.15) is 0 Å². The molecule has 0 aliphatic heterocycles. The molecule has 1 N–H and O–H groups in total. The molecule has 9 heteroatoms. The molecule has 8 nitrogen and oxygen atoms in total. The number of hydrogen-bond donors (Lipinski definition) is 1. The SMILES string of the molecule is CON(C)S(=O)(=O)c1ccc(C(=O)O[C@H](C)C(=O)N[C@@H]2CCC[C@H](C)[C@H]2C)cc1. The van der Waals surface area contributed by atoms with Crippen molar-refractivity contribution in [3.05, 3.63) is 29.8 Å². The molecule has 162 valence electrons. The van der Waals surface area contributed by atoms with Gasteiger partial charge in [0.05, 0.1) is 17.6 Å². The fraction of sp³-hybridized carbons (Fsp3) is 0.600. The van der Waals surface area contributed by atoms with Crippen molar-refractivity contribution in [3.63, 3.8) is 0 Å². The minimum atomic E-state index is -3.80. The molecule has 0 aromatic heterocycles. The van der Waals surface area contributed by atoms with Crippen LogP contribution in [0.25, 0.3) is 0 Å². The Labute approximate surface area is 172 Å². The molecule has 0 spiro atoms. The maximum atomic E-state index is 12.4. The number of rotatable bonds is 7. The Morgan fingerprint density at radius 3 is 2.38 bits per heavy atom. The molecule has 1 amide bonds. The van der Waals surface area contributed by atoms with Gasteiger partial charge in [0.25, 0.3) is 15.9 Å². The highest BCUT2D eigenvalue weighted by molar-refractivity contribution is 7.89. The summed E-state index contributed by atoms with van der Waals surface area (Å²) in [5.41, 5.74) is 0.156. The summed E-state index contributed by atoms with van der Waals surface area (Å²) in [6.45, 7) is 5.83. The van der Waals surface area contributed by atoms with Crippen LogP contribution in [0.1, 0.15) is 50.4 Å². The number of hydrogen-bond acceptors (Lipinski definition) is 6. The Morgan fingerprint density at radius 1 is 1.17 bits per heavy atom. The van der Waals surface area contributed by atoms with E-state index in [9.17, 15) is 18.0 Å². The van der Waals surface area contributed by atoms with Crippen molar-refractivity contribution >= 4 is 21.9 Å². The van der Waals surface area contributed by atoms with Gasteiger partial charge in [0.2, 0.25) is 0 Å². The van der Waals surface area contributed by atoms with Gasteiger partial charge in [-0.05, 0) is 49.4 Å². The molecule has 0 unspecified atom stereocenters. The van der Waals surface area contributed by atoms with Crippen molar-refractivity contribution < 1.29 is 27.6 Å². The van der Waals surface area contributed by atoms with E-state index in [4.69, 9.17) is 9.57 Å². The normalized spacial score (nSPS) is 23.4. The molecule has 4 atom stereocenters. The summed E-state index contributed by atoms with van der Waals surface area (Å²) in [5, 5.41) is 2.99. The van der Waals surface area contributed by atoms with Gasteiger partial charge >= 0.3 is 5.97 Å². The van der Waals surface area contributed by atoms with Crippen molar-refractivity contribution in [2.24, 2.45) is 11.8 Å².